The highest BCUT2D eigenvalue weighted by Gasteiger charge is 2.38. The van der Waals surface area contributed by atoms with Gasteiger partial charge in [-0.25, -0.2) is 8.42 Å². The van der Waals surface area contributed by atoms with Crippen LogP contribution in [0.2, 0.25) is 0 Å². The fourth-order valence-corrected chi connectivity index (χ4v) is 5.80. The maximum absolute atomic E-state index is 13.4. The van der Waals surface area contributed by atoms with Gasteiger partial charge in [0.15, 0.2) is 0 Å². The van der Waals surface area contributed by atoms with Crippen molar-refractivity contribution in [3.8, 4) is 0 Å². The minimum absolute atomic E-state index is 0.00293. The number of amides is 1. The van der Waals surface area contributed by atoms with Gasteiger partial charge in [0.2, 0.25) is 10.0 Å². The number of rotatable bonds is 4. The normalized spacial score (nSPS) is 21.0. The van der Waals surface area contributed by atoms with Crippen LogP contribution in [0.25, 0.3) is 0 Å². The molecule has 0 atom stereocenters. The molecule has 174 valence electrons. The number of carbonyl (C=O) groups is 1. The van der Waals surface area contributed by atoms with E-state index in [9.17, 15) is 26.4 Å². The summed E-state index contributed by atoms with van der Waals surface area (Å²) in [5.41, 5.74) is 1.68. The van der Waals surface area contributed by atoms with Crippen molar-refractivity contribution in [3.63, 3.8) is 0 Å². The van der Waals surface area contributed by atoms with E-state index in [1.54, 1.807) is 17.9 Å². The lowest BCUT2D eigenvalue weighted by Crippen LogP contribution is -2.45. The summed E-state index contributed by atoms with van der Waals surface area (Å²) in [5.74, 6) is -0.520. The molecule has 1 amide bonds. The van der Waals surface area contributed by atoms with E-state index in [0.29, 0.717) is 56.7 Å². The second-order valence-corrected chi connectivity index (χ2v) is 10.6. The first-order chi connectivity index (χ1) is 15.1. The van der Waals surface area contributed by atoms with E-state index in [0.717, 1.165) is 11.6 Å². The van der Waals surface area contributed by atoms with Crippen molar-refractivity contribution < 1.29 is 26.4 Å². The van der Waals surface area contributed by atoms with Gasteiger partial charge in [-0.05, 0) is 54.9 Å². The molecule has 1 aromatic rings. The van der Waals surface area contributed by atoms with Crippen LogP contribution in [0.15, 0.2) is 40.4 Å². The van der Waals surface area contributed by atoms with Crippen LogP contribution in [0.3, 0.4) is 0 Å². The van der Waals surface area contributed by atoms with Gasteiger partial charge in [0.1, 0.15) is 5.71 Å². The molecule has 0 aromatic heterocycles. The number of piperidine rings is 1. The lowest BCUT2D eigenvalue weighted by Gasteiger charge is -2.34. The van der Waals surface area contributed by atoms with Gasteiger partial charge in [0, 0.05) is 26.2 Å². The molecule has 4 rings (SSSR count). The van der Waals surface area contributed by atoms with Crippen molar-refractivity contribution in [1.82, 2.24) is 9.21 Å². The fraction of sp³-hybridized carbons (Fsp3) is 0.545. The van der Waals surface area contributed by atoms with Gasteiger partial charge in [-0.1, -0.05) is 18.2 Å². The Morgan fingerprint density at radius 3 is 2.50 bits per heavy atom. The number of halogens is 3. The lowest BCUT2D eigenvalue weighted by atomic mass is 9.86. The Labute approximate surface area is 185 Å². The molecular formula is C22H26F3N3O3S. The van der Waals surface area contributed by atoms with Gasteiger partial charge >= 0.3 is 6.18 Å². The molecule has 0 unspecified atom stereocenters. The summed E-state index contributed by atoms with van der Waals surface area (Å²) in [6.07, 6.45) is -2.97. The molecule has 0 aliphatic carbocycles. The topological polar surface area (TPSA) is 70.1 Å². The zero-order chi connectivity index (χ0) is 23.1. The Morgan fingerprint density at radius 2 is 1.84 bits per heavy atom. The van der Waals surface area contributed by atoms with E-state index in [4.69, 9.17) is 0 Å². The minimum atomic E-state index is -4.41. The average molecular weight is 470 g/mol. The number of carbonyl (C=O) groups excluding carboxylic acids is 1. The Bertz CT molecular complexity index is 1070. The van der Waals surface area contributed by atoms with Gasteiger partial charge < -0.3 is 4.90 Å². The van der Waals surface area contributed by atoms with E-state index < -0.39 is 21.8 Å². The molecule has 0 spiro atoms. The quantitative estimate of drug-likeness (QED) is 0.680. The van der Waals surface area contributed by atoms with Crippen molar-refractivity contribution >= 4 is 21.6 Å². The van der Waals surface area contributed by atoms with Crippen LogP contribution >= 0.6 is 0 Å². The van der Waals surface area contributed by atoms with Gasteiger partial charge in [-0.3, -0.25) is 9.79 Å². The number of sulfonamides is 1. The Balaban J connectivity index is 1.44. The number of hydrogen-bond acceptors (Lipinski definition) is 4. The van der Waals surface area contributed by atoms with Crippen LogP contribution in [-0.4, -0.2) is 67.7 Å². The molecule has 6 nitrogen and oxygen atoms in total. The second kappa shape index (κ2) is 8.62. The molecule has 32 heavy (non-hydrogen) atoms. The van der Waals surface area contributed by atoms with Crippen molar-refractivity contribution in [2.24, 2.45) is 4.99 Å². The van der Waals surface area contributed by atoms with Gasteiger partial charge in [0.25, 0.3) is 5.91 Å². The maximum Gasteiger partial charge on any atom is 0.416 e. The SMILES string of the molecule is CCS(=O)(=O)N1CCC2=C(C1)C(C(=O)N1CCC(c3ccccc3C(F)(F)F)CC1)=NC2. The Kier molecular flexibility index (Phi) is 6.19. The maximum atomic E-state index is 13.4. The number of benzene rings is 1. The van der Waals surface area contributed by atoms with Crippen LogP contribution in [0.1, 0.15) is 43.2 Å². The summed E-state index contributed by atoms with van der Waals surface area (Å²) in [6.45, 7) is 3.24. The molecule has 0 N–H and O–H groups in total. The first-order valence-electron chi connectivity index (χ1n) is 10.8. The highest BCUT2D eigenvalue weighted by molar-refractivity contribution is 7.89. The van der Waals surface area contributed by atoms with E-state index in [1.807, 2.05) is 0 Å². The Morgan fingerprint density at radius 1 is 1.16 bits per heavy atom. The molecular weight excluding hydrogens is 443 g/mol. The lowest BCUT2D eigenvalue weighted by molar-refractivity contribution is -0.138. The smallest absolute Gasteiger partial charge is 0.337 e. The molecule has 0 radical (unpaired) electrons. The first kappa shape index (κ1) is 23.0. The molecule has 3 aliphatic heterocycles. The van der Waals surface area contributed by atoms with Gasteiger partial charge in [-0.2, -0.15) is 17.5 Å². The highest BCUT2D eigenvalue weighted by Crippen LogP contribution is 2.39. The number of nitrogens with zero attached hydrogens (tertiary/aromatic N) is 3. The molecule has 10 heteroatoms. The summed E-state index contributed by atoms with van der Waals surface area (Å²) >= 11 is 0. The third-order valence-electron chi connectivity index (χ3n) is 6.59. The van der Waals surface area contributed by atoms with E-state index in [1.165, 1.54) is 16.4 Å². The summed E-state index contributed by atoms with van der Waals surface area (Å²) in [6, 6.07) is 5.63. The molecule has 3 aliphatic rings. The van der Waals surface area contributed by atoms with Gasteiger partial charge in [-0.15, -0.1) is 0 Å². The predicted molar refractivity (Wildman–Crippen MR) is 115 cm³/mol. The molecule has 1 fully saturated rings. The van der Waals surface area contributed by atoms with Crippen molar-refractivity contribution in [1.29, 1.82) is 0 Å². The molecule has 1 aromatic carbocycles. The number of likely N-dealkylation sites (tertiary alicyclic amines) is 1. The third-order valence-corrected chi connectivity index (χ3v) is 8.42. The van der Waals surface area contributed by atoms with Crippen molar-refractivity contribution in [2.45, 2.75) is 38.3 Å². The summed E-state index contributed by atoms with van der Waals surface area (Å²) in [5, 5.41) is 0. The number of alkyl halides is 3. The second-order valence-electron chi connectivity index (χ2n) is 8.38. The van der Waals surface area contributed by atoms with E-state index >= 15 is 0 Å². The minimum Gasteiger partial charge on any atom is -0.337 e. The van der Waals surface area contributed by atoms with Crippen LogP contribution < -0.4 is 0 Å². The number of hydrogen-bond donors (Lipinski definition) is 0. The fourth-order valence-electron chi connectivity index (χ4n) is 4.74. The predicted octanol–water partition coefficient (Wildman–Crippen LogP) is 3.22. The van der Waals surface area contributed by atoms with Gasteiger partial charge in [0.05, 0.1) is 17.9 Å². The Hall–Kier alpha value is -2.20. The van der Waals surface area contributed by atoms with Crippen molar-refractivity contribution in [3.05, 3.63) is 46.5 Å². The molecule has 0 bridgehead atoms. The van der Waals surface area contributed by atoms with Crippen LogP contribution in [-0.2, 0) is 21.0 Å². The monoisotopic (exact) mass is 469 g/mol. The van der Waals surface area contributed by atoms with Crippen LogP contribution in [0.5, 0.6) is 0 Å². The largest absolute Gasteiger partial charge is 0.416 e. The average Bonchev–Trinajstić information content (AvgIpc) is 3.21. The van der Waals surface area contributed by atoms with Crippen LogP contribution in [0, 0.1) is 0 Å². The van der Waals surface area contributed by atoms with Crippen molar-refractivity contribution in [2.75, 3.05) is 38.5 Å². The molecule has 3 heterocycles. The zero-order valence-corrected chi connectivity index (χ0v) is 18.7. The third kappa shape index (κ3) is 4.34. The van der Waals surface area contributed by atoms with Crippen LogP contribution in [0.4, 0.5) is 13.2 Å². The summed E-state index contributed by atoms with van der Waals surface area (Å²) < 4.78 is 66.1. The first-order valence-corrected chi connectivity index (χ1v) is 12.4. The zero-order valence-electron chi connectivity index (χ0n) is 17.9. The van der Waals surface area contributed by atoms with E-state index in [2.05, 4.69) is 4.99 Å². The number of aliphatic imine (C=N–C) groups is 1. The molecule has 1 saturated heterocycles. The molecule has 0 saturated carbocycles. The summed E-state index contributed by atoms with van der Waals surface area (Å²) in [4.78, 5) is 19.2. The standard InChI is InChI=1S/C22H26F3N3O3S/c1-2-32(30,31)28-12-9-16-13-26-20(18(16)14-28)21(29)27-10-7-15(8-11-27)17-5-3-4-6-19(17)22(23,24)25/h3-6,15H,2,7-14H2,1H3. The summed E-state index contributed by atoms with van der Waals surface area (Å²) in [7, 11) is -3.36. The highest BCUT2D eigenvalue weighted by atomic mass is 32.2. The van der Waals surface area contributed by atoms with E-state index in [-0.39, 0.29) is 29.7 Å².